The topological polar surface area (TPSA) is 77.8 Å². The molecule has 0 aromatic rings. The van der Waals surface area contributed by atoms with Crippen molar-refractivity contribution < 1.29 is 19.8 Å². The molecule has 1 saturated heterocycles. The summed E-state index contributed by atoms with van der Waals surface area (Å²) in [6.07, 6.45) is 2.89. The van der Waals surface area contributed by atoms with E-state index in [2.05, 4.69) is 0 Å². The SMILES string of the molecule is C[C@H](O)[C@@H]1CCCN1C(=O)/C=C/C(=O)O. The summed E-state index contributed by atoms with van der Waals surface area (Å²) in [5.41, 5.74) is 0. The molecule has 0 spiro atoms. The van der Waals surface area contributed by atoms with Gasteiger partial charge in [-0.05, 0) is 19.8 Å². The van der Waals surface area contributed by atoms with Crippen molar-refractivity contribution in [2.24, 2.45) is 0 Å². The van der Waals surface area contributed by atoms with Crippen molar-refractivity contribution in [2.45, 2.75) is 31.9 Å². The van der Waals surface area contributed by atoms with Crippen LogP contribution < -0.4 is 0 Å². The Balaban J connectivity index is 2.62. The van der Waals surface area contributed by atoms with Crippen molar-refractivity contribution in [3.63, 3.8) is 0 Å². The summed E-state index contributed by atoms with van der Waals surface area (Å²) in [6.45, 7) is 2.22. The van der Waals surface area contributed by atoms with Crippen molar-refractivity contribution >= 4 is 11.9 Å². The molecule has 0 bridgehead atoms. The first-order valence-electron chi connectivity index (χ1n) is 4.92. The number of likely N-dealkylation sites (tertiary alicyclic amines) is 1. The van der Waals surface area contributed by atoms with Gasteiger partial charge in [0.15, 0.2) is 0 Å². The van der Waals surface area contributed by atoms with Gasteiger partial charge in [-0.2, -0.15) is 0 Å². The van der Waals surface area contributed by atoms with E-state index in [4.69, 9.17) is 5.11 Å². The number of carbonyl (C=O) groups excluding carboxylic acids is 1. The third kappa shape index (κ3) is 3.06. The highest BCUT2D eigenvalue weighted by molar-refractivity contribution is 5.94. The molecule has 5 nitrogen and oxygen atoms in total. The number of aliphatic hydroxyl groups is 1. The van der Waals surface area contributed by atoms with Crippen molar-refractivity contribution in [3.05, 3.63) is 12.2 Å². The molecule has 0 unspecified atom stereocenters. The lowest BCUT2D eigenvalue weighted by atomic mass is 10.1. The van der Waals surface area contributed by atoms with Crippen LogP contribution in [-0.2, 0) is 9.59 Å². The zero-order valence-corrected chi connectivity index (χ0v) is 8.59. The van der Waals surface area contributed by atoms with Crippen molar-refractivity contribution in [1.82, 2.24) is 4.90 Å². The maximum Gasteiger partial charge on any atom is 0.328 e. The Kier molecular flexibility index (Phi) is 3.85. The van der Waals surface area contributed by atoms with Crippen LogP contribution in [0.3, 0.4) is 0 Å². The highest BCUT2D eigenvalue weighted by Crippen LogP contribution is 2.20. The molecule has 0 radical (unpaired) electrons. The Morgan fingerprint density at radius 3 is 2.67 bits per heavy atom. The Bertz CT molecular complexity index is 285. The average Bonchev–Trinajstić information content (AvgIpc) is 2.62. The monoisotopic (exact) mass is 213 g/mol. The van der Waals surface area contributed by atoms with Crippen molar-refractivity contribution in [3.8, 4) is 0 Å². The lowest BCUT2D eigenvalue weighted by Gasteiger charge is -2.25. The molecular formula is C10H15NO4. The third-order valence-corrected chi connectivity index (χ3v) is 2.51. The molecule has 1 aliphatic rings. The maximum absolute atomic E-state index is 11.5. The largest absolute Gasteiger partial charge is 0.478 e. The number of carbonyl (C=O) groups is 2. The number of rotatable bonds is 3. The summed E-state index contributed by atoms with van der Waals surface area (Å²) in [5.74, 6) is -1.49. The van der Waals surface area contributed by atoms with E-state index >= 15 is 0 Å². The van der Waals surface area contributed by atoms with Crippen LogP contribution in [0.5, 0.6) is 0 Å². The lowest BCUT2D eigenvalue weighted by Crippen LogP contribution is -2.40. The predicted octanol–water partition coefficient (Wildman–Crippen LogP) is -0.00100. The molecule has 2 N–H and O–H groups in total. The van der Waals surface area contributed by atoms with Gasteiger partial charge in [0, 0.05) is 18.7 Å². The van der Waals surface area contributed by atoms with E-state index < -0.39 is 12.1 Å². The molecule has 1 amide bonds. The van der Waals surface area contributed by atoms with Gasteiger partial charge in [-0.15, -0.1) is 0 Å². The molecule has 5 heteroatoms. The quantitative estimate of drug-likeness (QED) is 0.647. The summed E-state index contributed by atoms with van der Waals surface area (Å²) in [7, 11) is 0. The molecule has 1 heterocycles. The number of aliphatic hydroxyl groups excluding tert-OH is 1. The highest BCUT2D eigenvalue weighted by atomic mass is 16.4. The number of hydrogen-bond acceptors (Lipinski definition) is 3. The number of aliphatic carboxylic acids is 1. The summed E-state index contributed by atoms with van der Waals surface area (Å²) in [5, 5.41) is 17.8. The second kappa shape index (κ2) is 4.93. The third-order valence-electron chi connectivity index (χ3n) is 2.51. The molecule has 2 atom stereocenters. The second-order valence-corrected chi connectivity index (χ2v) is 3.65. The second-order valence-electron chi connectivity index (χ2n) is 3.65. The molecule has 0 aromatic carbocycles. The maximum atomic E-state index is 11.5. The van der Waals surface area contributed by atoms with Gasteiger partial charge in [-0.3, -0.25) is 4.79 Å². The average molecular weight is 213 g/mol. The molecule has 15 heavy (non-hydrogen) atoms. The van der Waals surface area contributed by atoms with Gasteiger partial charge in [0.25, 0.3) is 0 Å². The predicted molar refractivity (Wildman–Crippen MR) is 53.2 cm³/mol. The van der Waals surface area contributed by atoms with E-state index in [-0.39, 0.29) is 11.9 Å². The van der Waals surface area contributed by atoms with Crippen LogP contribution in [0.15, 0.2) is 12.2 Å². The zero-order valence-electron chi connectivity index (χ0n) is 8.59. The van der Waals surface area contributed by atoms with Gasteiger partial charge in [-0.25, -0.2) is 4.79 Å². The van der Waals surface area contributed by atoms with E-state index in [0.29, 0.717) is 6.54 Å². The Morgan fingerprint density at radius 2 is 2.13 bits per heavy atom. The minimum Gasteiger partial charge on any atom is -0.478 e. The first kappa shape index (κ1) is 11.7. The van der Waals surface area contributed by atoms with Crippen LogP contribution in [0.4, 0.5) is 0 Å². The smallest absolute Gasteiger partial charge is 0.328 e. The van der Waals surface area contributed by atoms with Crippen LogP contribution in [0, 0.1) is 0 Å². The fraction of sp³-hybridized carbons (Fsp3) is 0.600. The van der Waals surface area contributed by atoms with Gasteiger partial charge in [-0.1, -0.05) is 0 Å². The van der Waals surface area contributed by atoms with Gasteiger partial charge in [0.2, 0.25) is 5.91 Å². The Morgan fingerprint density at radius 1 is 1.47 bits per heavy atom. The van der Waals surface area contributed by atoms with E-state index in [1.165, 1.54) is 4.90 Å². The molecular weight excluding hydrogens is 198 g/mol. The van der Waals surface area contributed by atoms with Gasteiger partial charge in [0.1, 0.15) is 0 Å². The van der Waals surface area contributed by atoms with E-state index in [1.54, 1.807) is 6.92 Å². The molecule has 1 rings (SSSR count). The summed E-state index contributed by atoms with van der Waals surface area (Å²) in [4.78, 5) is 23.3. The number of carboxylic acids is 1. The molecule has 1 fully saturated rings. The lowest BCUT2D eigenvalue weighted by molar-refractivity contribution is -0.132. The number of amides is 1. The summed E-state index contributed by atoms with van der Waals surface area (Å²) >= 11 is 0. The molecule has 84 valence electrons. The first-order valence-corrected chi connectivity index (χ1v) is 4.92. The van der Waals surface area contributed by atoms with Crippen LogP contribution >= 0.6 is 0 Å². The summed E-state index contributed by atoms with van der Waals surface area (Å²) < 4.78 is 0. The van der Waals surface area contributed by atoms with E-state index in [1.807, 2.05) is 0 Å². The van der Waals surface area contributed by atoms with Crippen LogP contribution in [0.1, 0.15) is 19.8 Å². The normalized spacial score (nSPS) is 23.3. The first-order chi connectivity index (χ1) is 7.02. The van der Waals surface area contributed by atoms with Crippen LogP contribution in [0.25, 0.3) is 0 Å². The minimum absolute atomic E-state index is 0.184. The van der Waals surface area contributed by atoms with E-state index in [0.717, 1.165) is 25.0 Å². The fourth-order valence-corrected chi connectivity index (χ4v) is 1.81. The number of hydrogen-bond donors (Lipinski definition) is 2. The molecule has 0 aliphatic carbocycles. The molecule has 0 aromatic heterocycles. The van der Waals surface area contributed by atoms with Gasteiger partial charge >= 0.3 is 5.97 Å². The number of carboxylic acid groups (broad SMARTS) is 1. The highest BCUT2D eigenvalue weighted by Gasteiger charge is 2.30. The Hall–Kier alpha value is -1.36. The zero-order chi connectivity index (χ0) is 11.4. The van der Waals surface area contributed by atoms with Crippen molar-refractivity contribution in [1.29, 1.82) is 0 Å². The van der Waals surface area contributed by atoms with Crippen LogP contribution in [0.2, 0.25) is 0 Å². The molecule has 1 aliphatic heterocycles. The summed E-state index contributed by atoms with van der Waals surface area (Å²) in [6, 6.07) is -0.184. The fourth-order valence-electron chi connectivity index (χ4n) is 1.81. The molecule has 0 saturated carbocycles. The number of nitrogens with zero attached hydrogens (tertiary/aromatic N) is 1. The standard InChI is InChI=1S/C10H15NO4/c1-7(12)8-3-2-6-11(8)9(13)4-5-10(14)15/h4-5,7-8,12H,2-3,6H2,1H3,(H,14,15)/b5-4+/t7-,8-/m0/s1. The minimum atomic E-state index is -1.14. The van der Waals surface area contributed by atoms with Crippen LogP contribution in [-0.4, -0.2) is 45.7 Å². The van der Waals surface area contributed by atoms with Gasteiger partial charge < -0.3 is 15.1 Å². The van der Waals surface area contributed by atoms with E-state index in [9.17, 15) is 14.7 Å². The van der Waals surface area contributed by atoms with Gasteiger partial charge in [0.05, 0.1) is 12.1 Å². The Labute approximate surface area is 88.0 Å². The van der Waals surface area contributed by atoms with Crippen molar-refractivity contribution in [2.75, 3.05) is 6.54 Å².